The van der Waals surface area contributed by atoms with E-state index in [4.69, 9.17) is 5.73 Å². The first-order valence-corrected chi connectivity index (χ1v) is 6.75. The van der Waals surface area contributed by atoms with Gasteiger partial charge in [0.05, 0.1) is 0 Å². The average molecular weight is 227 g/mol. The highest BCUT2D eigenvalue weighted by Crippen LogP contribution is 2.31. The van der Waals surface area contributed by atoms with Crippen LogP contribution in [-0.4, -0.2) is 54.6 Å². The molecule has 0 bridgehead atoms. The van der Waals surface area contributed by atoms with Gasteiger partial charge in [-0.3, -0.25) is 4.90 Å². The van der Waals surface area contributed by atoms with Crippen LogP contribution >= 0.6 is 0 Å². The lowest BCUT2D eigenvalue weighted by atomic mass is 9.93. The minimum atomic E-state index is 0.236. The van der Waals surface area contributed by atoms with Crippen LogP contribution in [0.15, 0.2) is 0 Å². The van der Waals surface area contributed by atoms with E-state index < -0.39 is 0 Å². The second-order valence-electron chi connectivity index (χ2n) is 5.38. The molecule has 0 aromatic carbocycles. The van der Waals surface area contributed by atoms with Crippen molar-refractivity contribution in [2.24, 2.45) is 5.73 Å². The van der Waals surface area contributed by atoms with Gasteiger partial charge in [-0.2, -0.15) is 0 Å². The van der Waals surface area contributed by atoms with Gasteiger partial charge in [0.15, 0.2) is 0 Å². The first kappa shape index (κ1) is 13.9. The first-order valence-electron chi connectivity index (χ1n) is 6.75. The molecule has 0 aromatic rings. The zero-order valence-electron chi connectivity index (χ0n) is 11.5. The van der Waals surface area contributed by atoms with E-state index in [9.17, 15) is 0 Å². The Kier molecular flexibility index (Phi) is 5.22. The summed E-state index contributed by atoms with van der Waals surface area (Å²) in [7, 11) is 2.22. The Bertz CT molecular complexity index is 189. The fourth-order valence-electron chi connectivity index (χ4n) is 3.02. The zero-order valence-corrected chi connectivity index (χ0v) is 11.5. The SMILES string of the molecule is CCCN(CCC)C1(CN)CC(C)N(C)C1. The lowest BCUT2D eigenvalue weighted by Gasteiger charge is -2.40. The van der Waals surface area contributed by atoms with Crippen LogP contribution in [0.3, 0.4) is 0 Å². The average Bonchev–Trinajstić information content (AvgIpc) is 2.56. The standard InChI is InChI=1S/C13H29N3/c1-5-7-16(8-6-2)13(10-14)9-12(3)15(4)11-13/h12H,5-11,14H2,1-4H3. The number of nitrogens with two attached hydrogens (primary N) is 1. The minimum Gasteiger partial charge on any atom is -0.329 e. The smallest absolute Gasteiger partial charge is 0.0473 e. The molecule has 0 aliphatic carbocycles. The van der Waals surface area contributed by atoms with Gasteiger partial charge in [-0.25, -0.2) is 0 Å². The topological polar surface area (TPSA) is 32.5 Å². The largest absolute Gasteiger partial charge is 0.329 e. The maximum atomic E-state index is 6.09. The third kappa shape index (κ3) is 2.76. The summed E-state index contributed by atoms with van der Waals surface area (Å²) in [5, 5.41) is 0. The van der Waals surface area contributed by atoms with Gasteiger partial charge >= 0.3 is 0 Å². The van der Waals surface area contributed by atoms with Crippen LogP contribution in [0, 0.1) is 0 Å². The van der Waals surface area contributed by atoms with Crippen LogP contribution in [0.5, 0.6) is 0 Å². The maximum Gasteiger partial charge on any atom is 0.0473 e. The molecule has 2 N–H and O–H groups in total. The predicted octanol–water partition coefficient (Wildman–Crippen LogP) is 1.53. The maximum absolute atomic E-state index is 6.09. The van der Waals surface area contributed by atoms with E-state index in [0.29, 0.717) is 6.04 Å². The van der Waals surface area contributed by atoms with E-state index in [1.165, 1.54) is 32.4 Å². The summed E-state index contributed by atoms with van der Waals surface area (Å²) in [6, 6.07) is 0.666. The van der Waals surface area contributed by atoms with Gasteiger partial charge in [0.25, 0.3) is 0 Å². The van der Waals surface area contributed by atoms with Crippen LogP contribution in [0.2, 0.25) is 0 Å². The van der Waals surface area contributed by atoms with Crippen molar-refractivity contribution >= 4 is 0 Å². The van der Waals surface area contributed by atoms with Crippen LogP contribution in [0.25, 0.3) is 0 Å². The van der Waals surface area contributed by atoms with Gasteiger partial charge in [-0.05, 0) is 46.3 Å². The van der Waals surface area contributed by atoms with Gasteiger partial charge < -0.3 is 10.6 Å². The molecular weight excluding hydrogens is 198 g/mol. The van der Waals surface area contributed by atoms with Crippen molar-refractivity contribution in [1.29, 1.82) is 0 Å². The summed E-state index contributed by atoms with van der Waals surface area (Å²) in [5.74, 6) is 0. The van der Waals surface area contributed by atoms with Gasteiger partial charge in [0.2, 0.25) is 0 Å². The fraction of sp³-hybridized carbons (Fsp3) is 1.00. The van der Waals surface area contributed by atoms with Crippen molar-refractivity contribution < 1.29 is 0 Å². The van der Waals surface area contributed by atoms with Crippen LogP contribution < -0.4 is 5.73 Å². The molecule has 1 aliphatic heterocycles. The van der Waals surface area contributed by atoms with Crippen molar-refractivity contribution in [2.45, 2.75) is 51.6 Å². The van der Waals surface area contributed by atoms with Gasteiger partial charge in [0, 0.05) is 24.7 Å². The highest BCUT2D eigenvalue weighted by atomic mass is 15.3. The van der Waals surface area contributed by atoms with Crippen molar-refractivity contribution in [3.05, 3.63) is 0 Å². The van der Waals surface area contributed by atoms with Crippen LogP contribution in [0.1, 0.15) is 40.0 Å². The summed E-state index contributed by atoms with van der Waals surface area (Å²) in [6.45, 7) is 11.1. The monoisotopic (exact) mass is 227 g/mol. The Labute approximate surface area is 101 Å². The van der Waals surface area contributed by atoms with Gasteiger partial charge in [0.1, 0.15) is 0 Å². The molecule has 1 rings (SSSR count). The van der Waals surface area contributed by atoms with Crippen LogP contribution in [-0.2, 0) is 0 Å². The Morgan fingerprint density at radius 1 is 1.31 bits per heavy atom. The summed E-state index contributed by atoms with van der Waals surface area (Å²) in [6.07, 6.45) is 3.67. The number of likely N-dealkylation sites (tertiary alicyclic amines) is 1. The van der Waals surface area contributed by atoms with Crippen LogP contribution in [0.4, 0.5) is 0 Å². The summed E-state index contributed by atoms with van der Waals surface area (Å²) in [4.78, 5) is 5.08. The molecule has 3 nitrogen and oxygen atoms in total. The molecule has 2 unspecified atom stereocenters. The van der Waals surface area contributed by atoms with E-state index in [1.54, 1.807) is 0 Å². The Morgan fingerprint density at radius 3 is 2.19 bits per heavy atom. The van der Waals surface area contributed by atoms with Crippen molar-refractivity contribution in [2.75, 3.05) is 33.2 Å². The number of hydrogen-bond donors (Lipinski definition) is 1. The van der Waals surface area contributed by atoms with E-state index in [2.05, 4.69) is 37.6 Å². The lowest BCUT2D eigenvalue weighted by Crippen LogP contribution is -2.56. The van der Waals surface area contributed by atoms with Crippen molar-refractivity contribution in [3.8, 4) is 0 Å². The van der Waals surface area contributed by atoms with E-state index in [-0.39, 0.29) is 5.54 Å². The Balaban J connectivity index is 2.76. The normalized spacial score (nSPS) is 31.5. The summed E-state index contributed by atoms with van der Waals surface area (Å²) < 4.78 is 0. The molecule has 0 radical (unpaired) electrons. The molecule has 0 amide bonds. The second kappa shape index (κ2) is 5.99. The molecule has 1 fully saturated rings. The molecule has 1 saturated heterocycles. The molecule has 0 spiro atoms. The second-order valence-corrected chi connectivity index (χ2v) is 5.38. The minimum absolute atomic E-state index is 0.236. The number of rotatable bonds is 6. The Hall–Kier alpha value is -0.120. The van der Waals surface area contributed by atoms with E-state index in [1.807, 2.05) is 0 Å². The molecule has 1 heterocycles. The lowest BCUT2D eigenvalue weighted by molar-refractivity contribution is 0.101. The summed E-state index contributed by atoms with van der Waals surface area (Å²) >= 11 is 0. The molecule has 0 aromatic heterocycles. The third-order valence-electron chi connectivity index (χ3n) is 4.01. The zero-order chi connectivity index (χ0) is 12.2. The molecular formula is C13H29N3. The molecule has 96 valence electrons. The molecule has 1 aliphatic rings. The quantitative estimate of drug-likeness (QED) is 0.747. The number of hydrogen-bond acceptors (Lipinski definition) is 3. The third-order valence-corrected chi connectivity index (χ3v) is 4.01. The van der Waals surface area contributed by atoms with Crippen molar-refractivity contribution in [1.82, 2.24) is 9.80 Å². The predicted molar refractivity (Wildman–Crippen MR) is 70.6 cm³/mol. The Morgan fingerprint density at radius 2 is 1.88 bits per heavy atom. The van der Waals surface area contributed by atoms with E-state index in [0.717, 1.165) is 13.1 Å². The van der Waals surface area contributed by atoms with Crippen molar-refractivity contribution in [3.63, 3.8) is 0 Å². The number of nitrogens with zero attached hydrogens (tertiary/aromatic N) is 2. The highest BCUT2D eigenvalue weighted by Gasteiger charge is 2.43. The molecule has 16 heavy (non-hydrogen) atoms. The molecule has 2 atom stereocenters. The molecule has 0 saturated carbocycles. The first-order chi connectivity index (χ1) is 7.59. The van der Waals surface area contributed by atoms with E-state index >= 15 is 0 Å². The van der Waals surface area contributed by atoms with Gasteiger partial charge in [-0.1, -0.05) is 13.8 Å². The fourth-order valence-corrected chi connectivity index (χ4v) is 3.02. The highest BCUT2D eigenvalue weighted by molar-refractivity contribution is 5.02. The van der Waals surface area contributed by atoms with Gasteiger partial charge in [-0.15, -0.1) is 0 Å². The molecule has 3 heteroatoms. The summed E-state index contributed by atoms with van der Waals surface area (Å²) in [5.41, 5.74) is 6.32. The number of likely N-dealkylation sites (N-methyl/N-ethyl adjacent to an activating group) is 1.